The molecule has 0 bridgehead atoms. The summed E-state index contributed by atoms with van der Waals surface area (Å²) in [6, 6.07) is 13.0. The van der Waals surface area contributed by atoms with Crippen LogP contribution in [-0.4, -0.2) is 23.3 Å². The van der Waals surface area contributed by atoms with Gasteiger partial charge in [0.1, 0.15) is 0 Å². The van der Waals surface area contributed by atoms with Crippen LogP contribution in [0.2, 0.25) is 0 Å². The predicted octanol–water partition coefficient (Wildman–Crippen LogP) is 2.36. The molecule has 0 aliphatic carbocycles. The number of hydrogen-bond acceptors (Lipinski definition) is 3. The van der Waals surface area contributed by atoms with Gasteiger partial charge in [0.15, 0.2) is 27.9 Å². The highest BCUT2D eigenvalue weighted by Gasteiger charge is 2.10. The van der Waals surface area contributed by atoms with E-state index in [2.05, 4.69) is 0 Å². The smallest absolute Gasteiger partial charge is 0.193 e. The SMILES string of the molecule is O=C(c1ccc(CS(=O)O)cc1)c1ccc(CS(=O)O)cc1. The molecule has 0 saturated heterocycles. The molecular formula is C15H14O5S2. The lowest BCUT2D eigenvalue weighted by atomic mass is 10.0. The summed E-state index contributed by atoms with van der Waals surface area (Å²) in [4.78, 5) is 12.3. The summed E-state index contributed by atoms with van der Waals surface area (Å²) in [6.45, 7) is 0. The van der Waals surface area contributed by atoms with Crippen molar-refractivity contribution < 1.29 is 22.3 Å². The molecule has 7 heteroatoms. The van der Waals surface area contributed by atoms with E-state index in [1.807, 2.05) is 0 Å². The van der Waals surface area contributed by atoms with Gasteiger partial charge < -0.3 is 9.11 Å². The first-order chi connectivity index (χ1) is 10.5. The quantitative estimate of drug-likeness (QED) is 0.623. The molecule has 0 aliphatic heterocycles. The van der Waals surface area contributed by atoms with E-state index < -0.39 is 22.2 Å². The van der Waals surface area contributed by atoms with Crippen molar-refractivity contribution in [2.45, 2.75) is 11.5 Å². The third kappa shape index (κ3) is 4.67. The summed E-state index contributed by atoms with van der Waals surface area (Å²) in [5, 5.41) is 0. The molecule has 2 unspecified atom stereocenters. The van der Waals surface area contributed by atoms with E-state index in [4.69, 9.17) is 9.11 Å². The van der Waals surface area contributed by atoms with Crippen molar-refractivity contribution >= 4 is 27.9 Å². The van der Waals surface area contributed by atoms with Gasteiger partial charge in [-0.2, -0.15) is 0 Å². The molecule has 22 heavy (non-hydrogen) atoms. The molecule has 2 aromatic carbocycles. The van der Waals surface area contributed by atoms with Crippen LogP contribution in [0.3, 0.4) is 0 Å². The zero-order valence-corrected chi connectivity index (χ0v) is 13.1. The second-order valence-electron chi connectivity index (χ2n) is 4.65. The Morgan fingerprint density at radius 2 is 1.05 bits per heavy atom. The molecule has 0 radical (unpaired) electrons. The number of hydrogen-bond donors (Lipinski definition) is 2. The highest BCUT2D eigenvalue weighted by atomic mass is 32.2. The lowest BCUT2D eigenvalue weighted by Gasteiger charge is -2.04. The van der Waals surface area contributed by atoms with Crippen LogP contribution in [0.1, 0.15) is 27.0 Å². The molecular weight excluding hydrogens is 324 g/mol. The maximum Gasteiger partial charge on any atom is 0.193 e. The molecule has 2 aromatic rings. The Morgan fingerprint density at radius 3 is 1.32 bits per heavy atom. The second kappa shape index (κ2) is 7.55. The zero-order valence-electron chi connectivity index (χ0n) is 11.5. The van der Waals surface area contributed by atoms with Gasteiger partial charge in [-0.3, -0.25) is 4.79 Å². The van der Waals surface area contributed by atoms with E-state index >= 15 is 0 Å². The fourth-order valence-corrected chi connectivity index (χ4v) is 2.91. The number of carbonyl (C=O) groups is 1. The summed E-state index contributed by atoms with van der Waals surface area (Å²) in [5.41, 5.74) is 2.31. The van der Waals surface area contributed by atoms with Gasteiger partial charge in [-0.05, 0) is 11.1 Å². The molecule has 0 fully saturated rings. The van der Waals surface area contributed by atoms with Crippen LogP contribution in [0.5, 0.6) is 0 Å². The van der Waals surface area contributed by atoms with Crippen molar-refractivity contribution in [1.82, 2.24) is 0 Å². The first kappa shape index (κ1) is 16.7. The van der Waals surface area contributed by atoms with Crippen molar-refractivity contribution in [3.63, 3.8) is 0 Å². The lowest BCUT2D eigenvalue weighted by Crippen LogP contribution is -2.02. The van der Waals surface area contributed by atoms with Gasteiger partial charge in [-0.1, -0.05) is 48.5 Å². The standard InChI is InChI=1S/C15H14O5S2/c16-15(13-5-1-11(2-6-13)9-21(17)18)14-7-3-12(4-8-14)10-22(19)20/h1-8H,9-10H2,(H,17,18)(H,19,20). The van der Waals surface area contributed by atoms with Gasteiger partial charge in [0.25, 0.3) is 0 Å². The van der Waals surface area contributed by atoms with Crippen molar-refractivity contribution in [2.24, 2.45) is 0 Å². The van der Waals surface area contributed by atoms with E-state index in [0.717, 1.165) is 0 Å². The summed E-state index contributed by atoms with van der Waals surface area (Å²) in [5.74, 6) is -0.114. The maximum absolute atomic E-state index is 12.3. The van der Waals surface area contributed by atoms with E-state index in [1.165, 1.54) is 0 Å². The van der Waals surface area contributed by atoms with Crippen LogP contribution in [0.25, 0.3) is 0 Å². The molecule has 0 aromatic heterocycles. The van der Waals surface area contributed by atoms with Crippen molar-refractivity contribution in [2.75, 3.05) is 0 Å². The molecule has 0 spiro atoms. The van der Waals surface area contributed by atoms with Gasteiger partial charge >= 0.3 is 0 Å². The third-order valence-corrected chi connectivity index (χ3v) is 4.17. The number of benzene rings is 2. The Kier molecular flexibility index (Phi) is 5.73. The summed E-state index contributed by atoms with van der Waals surface area (Å²) < 4.78 is 39.1. The van der Waals surface area contributed by atoms with Crippen LogP contribution in [0.4, 0.5) is 0 Å². The van der Waals surface area contributed by atoms with Gasteiger partial charge in [-0.15, -0.1) is 0 Å². The molecule has 2 rings (SSSR count). The minimum absolute atomic E-state index is 0.0292. The molecule has 2 N–H and O–H groups in total. The normalized spacial score (nSPS) is 13.5. The summed E-state index contributed by atoms with van der Waals surface area (Å²) in [6.07, 6.45) is 0. The Balaban J connectivity index is 2.13. The Hall–Kier alpha value is -1.67. The second-order valence-corrected chi connectivity index (χ2v) is 6.52. The summed E-state index contributed by atoms with van der Waals surface area (Å²) in [7, 11) is 0. The average molecular weight is 338 g/mol. The topological polar surface area (TPSA) is 91.7 Å². The Bertz CT molecular complexity index is 646. The van der Waals surface area contributed by atoms with E-state index in [9.17, 15) is 13.2 Å². The fourth-order valence-electron chi connectivity index (χ4n) is 1.96. The molecule has 0 saturated carbocycles. The van der Waals surface area contributed by atoms with Crippen LogP contribution >= 0.6 is 0 Å². The van der Waals surface area contributed by atoms with Crippen molar-refractivity contribution in [1.29, 1.82) is 0 Å². The largest absolute Gasteiger partial charge is 0.306 e. The van der Waals surface area contributed by atoms with Crippen LogP contribution < -0.4 is 0 Å². The van der Waals surface area contributed by atoms with Crippen LogP contribution in [0.15, 0.2) is 48.5 Å². The van der Waals surface area contributed by atoms with Crippen LogP contribution in [0, 0.1) is 0 Å². The Morgan fingerprint density at radius 1 is 0.727 bits per heavy atom. The molecule has 5 nitrogen and oxygen atoms in total. The first-order valence-corrected chi connectivity index (χ1v) is 8.88. The van der Waals surface area contributed by atoms with Gasteiger partial charge in [0, 0.05) is 11.1 Å². The fraction of sp³-hybridized carbons (Fsp3) is 0.133. The molecule has 0 amide bonds. The van der Waals surface area contributed by atoms with Crippen molar-refractivity contribution in [3.8, 4) is 0 Å². The minimum atomic E-state index is -1.91. The monoisotopic (exact) mass is 338 g/mol. The van der Waals surface area contributed by atoms with Gasteiger partial charge in [0.2, 0.25) is 0 Å². The zero-order chi connectivity index (χ0) is 16.1. The summed E-state index contributed by atoms with van der Waals surface area (Å²) >= 11 is -3.82. The highest BCUT2D eigenvalue weighted by Crippen LogP contribution is 2.14. The van der Waals surface area contributed by atoms with E-state index in [-0.39, 0.29) is 17.3 Å². The predicted molar refractivity (Wildman–Crippen MR) is 85.3 cm³/mol. The molecule has 0 heterocycles. The Labute approximate surface area is 132 Å². The third-order valence-electron chi connectivity index (χ3n) is 3.01. The highest BCUT2D eigenvalue weighted by molar-refractivity contribution is 7.78. The van der Waals surface area contributed by atoms with Crippen LogP contribution in [-0.2, 0) is 33.7 Å². The molecule has 0 aliphatic rings. The van der Waals surface area contributed by atoms with Gasteiger partial charge in [-0.25, -0.2) is 8.42 Å². The van der Waals surface area contributed by atoms with E-state index in [1.54, 1.807) is 48.5 Å². The van der Waals surface area contributed by atoms with Crippen molar-refractivity contribution in [3.05, 3.63) is 70.8 Å². The number of ketones is 1. The lowest BCUT2D eigenvalue weighted by molar-refractivity contribution is 0.103. The molecule has 2 atom stereocenters. The number of rotatable bonds is 6. The first-order valence-electron chi connectivity index (χ1n) is 6.33. The molecule has 116 valence electrons. The number of carbonyl (C=O) groups excluding carboxylic acids is 1. The van der Waals surface area contributed by atoms with Gasteiger partial charge in [0.05, 0.1) is 11.5 Å². The van der Waals surface area contributed by atoms with E-state index in [0.29, 0.717) is 22.3 Å². The minimum Gasteiger partial charge on any atom is -0.306 e. The maximum atomic E-state index is 12.3. The average Bonchev–Trinajstić information content (AvgIpc) is 2.47.